The number of rotatable bonds is 4. The normalized spacial score (nSPS) is 20.3. The number of halogens is 3. The molecule has 0 radical (unpaired) electrons. The first-order valence-electron chi connectivity index (χ1n) is 8.72. The van der Waals surface area contributed by atoms with Crippen molar-refractivity contribution in [2.75, 3.05) is 31.3 Å². The number of anilines is 1. The van der Waals surface area contributed by atoms with Gasteiger partial charge in [-0.15, -0.1) is 11.3 Å². The summed E-state index contributed by atoms with van der Waals surface area (Å²) in [5.41, 5.74) is 4.04. The van der Waals surface area contributed by atoms with Crippen LogP contribution in [0.1, 0.15) is 17.3 Å². The minimum absolute atomic E-state index is 0.165. The molecule has 0 spiro atoms. The molecule has 0 aliphatic carbocycles. The lowest BCUT2D eigenvalue weighted by Crippen LogP contribution is -2.50. The molecule has 2 aliphatic heterocycles. The molecule has 1 fully saturated rings. The quantitative estimate of drug-likeness (QED) is 0.737. The van der Waals surface area contributed by atoms with Crippen LogP contribution in [0.3, 0.4) is 0 Å². The highest BCUT2D eigenvalue weighted by molar-refractivity contribution is 7.16. The van der Waals surface area contributed by atoms with Crippen molar-refractivity contribution in [2.24, 2.45) is 5.10 Å². The molecule has 1 atom stereocenters. The highest BCUT2D eigenvalue weighted by atomic mass is 35.5. The molecule has 148 valence electrons. The maximum Gasteiger partial charge on any atom is 0.281 e. The molecule has 1 N–H and O–H groups in total. The van der Waals surface area contributed by atoms with Crippen LogP contribution in [-0.4, -0.2) is 42.9 Å². The maximum absolute atomic E-state index is 12.8. The Hall–Kier alpha value is -1.35. The number of benzene rings is 1. The Kier molecular flexibility index (Phi) is 6.10. The molecule has 1 saturated heterocycles. The van der Waals surface area contributed by atoms with Gasteiger partial charge in [0.2, 0.25) is 0 Å². The molecule has 3 heterocycles. The number of hydrogen-bond donors (Lipinski definition) is 1. The number of carbonyl (C=O) groups is 1. The van der Waals surface area contributed by atoms with Crippen molar-refractivity contribution in [1.82, 2.24) is 10.4 Å². The van der Waals surface area contributed by atoms with E-state index in [2.05, 4.69) is 10.5 Å². The van der Waals surface area contributed by atoms with Gasteiger partial charge >= 0.3 is 0 Å². The van der Waals surface area contributed by atoms with Crippen LogP contribution < -0.4 is 10.4 Å². The maximum atomic E-state index is 12.8. The summed E-state index contributed by atoms with van der Waals surface area (Å²) in [4.78, 5) is 13.8. The summed E-state index contributed by atoms with van der Waals surface area (Å²) in [6.07, 6.45) is 0.450. The fourth-order valence-corrected chi connectivity index (χ4v) is 4.79. The second-order valence-corrected chi connectivity index (χ2v) is 8.98. The van der Waals surface area contributed by atoms with Crippen molar-refractivity contribution in [3.63, 3.8) is 0 Å². The van der Waals surface area contributed by atoms with Crippen LogP contribution in [0.15, 0.2) is 35.4 Å². The van der Waals surface area contributed by atoms with Gasteiger partial charge in [-0.25, -0.2) is 5.01 Å². The Morgan fingerprint density at radius 3 is 2.64 bits per heavy atom. The molecular formula is C18H17Cl3N4O2S. The molecule has 1 unspecified atom stereocenters. The smallest absolute Gasteiger partial charge is 0.281 e. The van der Waals surface area contributed by atoms with Crippen molar-refractivity contribution in [2.45, 2.75) is 12.5 Å². The van der Waals surface area contributed by atoms with Gasteiger partial charge in [0, 0.05) is 29.4 Å². The van der Waals surface area contributed by atoms with Crippen LogP contribution in [0.4, 0.5) is 5.69 Å². The van der Waals surface area contributed by atoms with Gasteiger partial charge in [0.1, 0.15) is 5.71 Å². The Morgan fingerprint density at radius 2 is 1.96 bits per heavy atom. The molecule has 4 rings (SSSR count). The average molecular weight is 460 g/mol. The van der Waals surface area contributed by atoms with Crippen molar-refractivity contribution in [3.8, 4) is 0 Å². The van der Waals surface area contributed by atoms with Crippen LogP contribution in [0.2, 0.25) is 14.4 Å². The number of hydrazone groups is 1. The molecule has 1 amide bonds. The van der Waals surface area contributed by atoms with E-state index >= 15 is 0 Å². The highest BCUT2D eigenvalue weighted by Crippen LogP contribution is 2.42. The molecule has 28 heavy (non-hydrogen) atoms. The van der Waals surface area contributed by atoms with E-state index in [4.69, 9.17) is 39.5 Å². The predicted octanol–water partition coefficient (Wildman–Crippen LogP) is 4.38. The van der Waals surface area contributed by atoms with Crippen LogP contribution >= 0.6 is 46.1 Å². The summed E-state index contributed by atoms with van der Waals surface area (Å²) in [6, 6.07) is 8.85. The topological polar surface area (TPSA) is 57.2 Å². The summed E-state index contributed by atoms with van der Waals surface area (Å²) >= 11 is 20.0. The molecule has 1 aromatic carbocycles. The molecule has 2 aromatic rings. The van der Waals surface area contributed by atoms with Crippen molar-refractivity contribution in [1.29, 1.82) is 0 Å². The number of nitrogens with one attached hydrogen (secondary N) is 1. The third-order valence-electron chi connectivity index (χ3n) is 4.52. The third-order valence-corrected chi connectivity index (χ3v) is 6.39. The number of hydrazine groups is 1. The highest BCUT2D eigenvalue weighted by Gasteiger charge is 2.35. The van der Waals surface area contributed by atoms with Gasteiger partial charge in [0.25, 0.3) is 5.91 Å². The molecular weight excluding hydrogens is 443 g/mol. The zero-order valence-electron chi connectivity index (χ0n) is 14.7. The van der Waals surface area contributed by atoms with Crippen LogP contribution in [0.5, 0.6) is 0 Å². The Balaban J connectivity index is 1.61. The molecule has 6 nitrogen and oxygen atoms in total. The van der Waals surface area contributed by atoms with Crippen molar-refractivity contribution in [3.05, 3.63) is 49.6 Å². The minimum Gasteiger partial charge on any atom is -0.379 e. The zero-order valence-corrected chi connectivity index (χ0v) is 17.8. The first-order valence-corrected chi connectivity index (χ1v) is 10.7. The lowest BCUT2D eigenvalue weighted by Gasteiger charge is -2.26. The van der Waals surface area contributed by atoms with Crippen molar-refractivity contribution < 1.29 is 9.53 Å². The number of nitrogens with zero attached hydrogens (tertiary/aromatic N) is 3. The number of ether oxygens (including phenoxy) is 1. The van der Waals surface area contributed by atoms with Crippen LogP contribution in [0, 0.1) is 0 Å². The third kappa shape index (κ3) is 4.30. The number of morpholine rings is 1. The summed E-state index contributed by atoms with van der Waals surface area (Å²) in [5, 5.41) is 9.23. The summed E-state index contributed by atoms with van der Waals surface area (Å²) in [7, 11) is 0. The van der Waals surface area contributed by atoms with Gasteiger partial charge in [0.15, 0.2) is 0 Å². The largest absolute Gasteiger partial charge is 0.379 e. The minimum atomic E-state index is -0.220. The van der Waals surface area contributed by atoms with Crippen LogP contribution in [-0.2, 0) is 9.53 Å². The summed E-state index contributed by atoms with van der Waals surface area (Å²) < 4.78 is 6.00. The van der Waals surface area contributed by atoms with E-state index in [-0.39, 0.29) is 11.9 Å². The van der Waals surface area contributed by atoms with E-state index in [1.54, 1.807) is 23.2 Å². The van der Waals surface area contributed by atoms with Gasteiger partial charge < -0.3 is 4.74 Å². The molecule has 1 aromatic heterocycles. The Labute approximate surface area is 181 Å². The number of amides is 1. The fraction of sp³-hybridized carbons (Fsp3) is 0.333. The van der Waals surface area contributed by atoms with Gasteiger partial charge in [-0.3, -0.25) is 15.2 Å². The Morgan fingerprint density at radius 1 is 1.18 bits per heavy atom. The Bertz CT molecular complexity index is 914. The summed E-state index contributed by atoms with van der Waals surface area (Å²) in [5.74, 6) is -0.220. The predicted molar refractivity (Wildman–Crippen MR) is 114 cm³/mol. The van der Waals surface area contributed by atoms with Gasteiger partial charge in [-0.05, 0) is 30.3 Å². The molecule has 10 heteroatoms. The zero-order chi connectivity index (χ0) is 19.7. The summed E-state index contributed by atoms with van der Waals surface area (Å²) in [6.45, 7) is 2.48. The van der Waals surface area contributed by atoms with E-state index in [1.165, 1.54) is 11.3 Å². The van der Waals surface area contributed by atoms with E-state index in [0.29, 0.717) is 58.5 Å². The van der Waals surface area contributed by atoms with Crippen LogP contribution in [0.25, 0.3) is 0 Å². The lowest BCUT2D eigenvalue weighted by atomic mass is 10.1. The van der Waals surface area contributed by atoms with Gasteiger partial charge in [-0.1, -0.05) is 34.8 Å². The number of hydrogen-bond acceptors (Lipinski definition) is 6. The van der Waals surface area contributed by atoms with Gasteiger partial charge in [-0.2, -0.15) is 5.10 Å². The number of thiophene rings is 1. The first kappa shape index (κ1) is 19.9. The first-order chi connectivity index (χ1) is 13.5. The van der Waals surface area contributed by atoms with E-state index in [0.717, 1.165) is 4.88 Å². The molecule has 0 saturated carbocycles. The molecule has 2 aliphatic rings. The fourth-order valence-electron chi connectivity index (χ4n) is 3.15. The molecule has 0 bridgehead atoms. The SMILES string of the molecule is O=C(NN1CCOCC1)C1=NN(c2ccc(Cl)cc2Cl)C(c2ccc(Cl)s2)C1. The second kappa shape index (κ2) is 8.57. The van der Waals surface area contributed by atoms with E-state index < -0.39 is 0 Å². The number of carbonyl (C=O) groups excluding carboxylic acids is 1. The van der Waals surface area contributed by atoms with E-state index in [9.17, 15) is 4.79 Å². The second-order valence-electron chi connectivity index (χ2n) is 6.39. The van der Waals surface area contributed by atoms with Gasteiger partial charge in [0.05, 0.1) is 34.3 Å². The lowest BCUT2D eigenvalue weighted by molar-refractivity contribution is -0.121. The standard InChI is InChI=1S/C18H17Cl3N4O2S/c19-11-1-2-14(12(20)9-11)25-15(16-3-4-17(21)28-16)10-13(22-25)18(26)23-24-5-7-27-8-6-24/h1-4,9,15H,5-8,10H2,(H,23,26). The average Bonchev–Trinajstić information content (AvgIpc) is 3.29. The van der Waals surface area contributed by atoms with Crippen molar-refractivity contribution >= 4 is 63.4 Å². The monoisotopic (exact) mass is 458 g/mol. The van der Waals surface area contributed by atoms with E-state index in [1.807, 2.05) is 17.1 Å².